The Bertz CT molecular complexity index is 4710. The van der Waals surface area contributed by atoms with E-state index in [1.54, 1.807) is 11.1 Å². The van der Waals surface area contributed by atoms with Gasteiger partial charge in [0, 0.05) is 23.7 Å². The molecule has 0 aromatic carbocycles. The molecule has 0 amide bonds. The van der Waals surface area contributed by atoms with Crippen LogP contribution < -0.4 is 0 Å². The Kier molecular flexibility index (Phi) is 28.7. The van der Waals surface area contributed by atoms with Crippen LogP contribution in [-0.4, -0.2) is 56.4 Å². The molecule has 0 spiro atoms. The minimum atomic E-state index is -0.268. The molecule has 6 nitrogen and oxygen atoms in total. The van der Waals surface area contributed by atoms with Crippen LogP contribution in [0.3, 0.4) is 0 Å². The molecular formula is C130H204O6. The van der Waals surface area contributed by atoms with Crippen LogP contribution in [0.1, 0.15) is 443 Å². The largest absolute Gasteiger partial charge is 0.393 e. The number of allylic oxidation sites excluding steroid dienone is 14. The predicted molar refractivity (Wildman–Crippen MR) is 569 cm³/mol. The minimum Gasteiger partial charge on any atom is -0.393 e. The summed E-state index contributed by atoms with van der Waals surface area (Å²) < 4.78 is 0. The van der Waals surface area contributed by atoms with E-state index in [-0.39, 0.29) is 51.9 Å². The number of carbonyl (C=O) groups excluding carboxylic acids is 2. The van der Waals surface area contributed by atoms with Gasteiger partial charge in [-0.1, -0.05) is 246 Å². The van der Waals surface area contributed by atoms with Gasteiger partial charge in [0.2, 0.25) is 0 Å². The summed E-state index contributed by atoms with van der Waals surface area (Å²) in [7, 11) is 0. The maximum Gasteiger partial charge on any atom is 0.156 e. The zero-order valence-corrected chi connectivity index (χ0v) is 92.1. The van der Waals surface area contributed by atoms with Gasteiger partial charge in [0.1, 0.15) is 0 Å². The lowest BCUT2D eigenvalue weighted by Gasteiger charge is -2.71. The Morgan fingerprint density at radius 1 is 0.456 bits per heavy atom. The first-order valence-electron chi connectivity index (χ1n) is 58.3. The van der Waals surface area contributed by atoms with Crippen molar-refractivity contribution in [3.8, 4) is 0 Å². The zero-order chi connectivity index (χ0) is 98.3. The molecule has 15 saturated carbocycles. The molecule has 21 aliphatic rings. The van der Waals surface area contributed by atoms with E-state index in [1.807, 2.05) is 17.7 Å². The maximum absolute atomic E-state index is 11.9. The summed E-state index contributed by atoms with van der Waals surface area (Å²) in [5.41, 5.74) is 18.2. The number of carbonyl (C=O) groups is 2. The number of rotatable bonds is 11. The fraction of sp³-hybridized carbons (Fsp3) is 0.831. The molecular weight excluding hydrogens is 1660 g/mol. The van der Waals surface area contributed by atoms with E-state index in [1.165, 1.54) is 226 Å². The molecule has 760 valence electrons. The van der Waals surface area contributed by atoms with Crippen LogP contribution in [0.4, 0.5) is 0 Å². The number of ketones is 2. The third-order valence-corrected chi connectivity index (χ3v) is 51.1. The van der Waals surface area contributed by atoms with Crippen LogP contribution in [0.2, 0.25) is 0 Å². The lowest BCUT2D eigenvalue weighted by atomic mass is 9.33. The SMILES string of the molecule is C=C(C)C1CC[C@H]2[C@@H]3C=CC4=CC(=O)CC[C@]4(C)[C@H]3C[C@@H](O)[C@]12C.C=C(C)C1CC[C@H]2[C@@H]3CCC4=CC(=O)CC[C@]4(C)[C@H]3C[C@@H](O)[C@]12C.C=C(CC[C@@H](C)[C@H]1CC[C@H]2[C@@H]3CC=C4C[C@@H](O)CC[C@]4(C)[C@H]3CC[C@]12C)C(C)C.CC(C)=CCC[C@@H](C)[C@H]1CC[C@H]2[C@@H]3CC=C4C[C@@H](O)CC[C@]4(C)[C@H]3CC[C@]12C.C[C@H]1CC[C@]2(C)[C@H]3CC=C4C5CC(C)(C)CC[C@]5(C)CC[C@@]4(C)[C@]3(C)CC[C@H]2C1(C)C. The summed E-state index contributed by atoms with van der Waals surface area (Å²) in [6.45, 7) is 74.8. The third kappa shape index (κ3) is 17.1. The summed E-state index contributed by atoms with van der Waals surface area (Å²) in [6, 6.07) is 0. The van der Waals surface area contributed by atoms with E-state index in [4.69, 9.17) is 0 Å². The van der Waals surface area contributed by atoms with Gasteiger partial charge in [0.05, 0.1) is 24.4 Å². The van der Waals surface area contributed by atoms with Crippen LogP contribution in [0, 0.1) is 212 Å². The van der Waals surface area contributed by atoms with Crippen molar-refractivity contribution in [3.05, 3.63) is 119 Å². The number of hydrogen-bond acceptors (Lipinski definition) is 6. The highest BCUT2D eigenvalue weighted by molar-refractivity contribution is 5.92. The van der Waals surface area contributed by atoms with Crippen molar-refractivity contribution in [2.75, 3.05) is 0 Å². The molecule has 4 N–H and O–H groups in total. The molecule has 3 unspecified atom stereocenters. The van der Waals surface area contributed by atoms with Crippen LogP contribution in [0.25, 0.3) is 0 Å². The first kappa shape index (κ1) is 104. The Labute approximate surface area is 833 Å². The van der Waals surface area contributed by atoms with Gasteiger partial charge in [-0.2, -0.15) is 0 Å². The molecule has 15 fully saturated rings. The normalized spacial score (nSPS) is 49.4. The quantitative estimate of drug-likeness (QED) is 0.153. The van der Waals surface area contributed by atoms with Gasteiger partial charge in [-0.15, -0.1) is 0 Å². The van der Waals surface area contributed by atoms with E-state index in [0.717, 1.165) is 147 Å². The standard InChI is InChI=1S/C31H52.C28H46O.C27H44O.C22H32O2.C22H30O2/c1-21-12-14-29(7)24(27(21,4)5)13-15-31(9)25(29)11-10-22-23-20-26(2,3)16-17-28(23,6)18-19-30(22,31)8;1-18(2)19(3)7-8-20(4)24-11-12-25-23-10-9-21-17-22(29)13-15-27(21,5)26(23)14-16-28(24,25)6;1-18(2)7-6-8-19(3)23-11-12-24-22-10-9-20-17-21(28)13-15-26(20,4)25(22)14-16-27(23,24)5;2*1-13(2)17-7-8-18-16-6-5-14-11-15(23)9-10-21(14,3)19(16)12-20(24)22(17,18)4/h10,21,23-25H,11-20H2,1-9H3;9,18,20,22-26,29H,3,7-8,10-17H2,1-2,4-6H3;7,9,19,21-25,28H,6,8,10-17H2,1-5H3;11,16-20,24H,1,5-10,12H2,2-4H3;5-6,11,16-20,24H,1,7-10,12H2,2-4H3/t21-,23?,24-,25+,28+,29-,30+,31+;20-,22+,23+,24-,25+,26+,27+,28-;19-,21+,22+,23-,24+,25+,26+,27-;2*16-,17?,18-,19-,20+,21-,22+/m01100/s1. The van der Waals surface area contributed by atoms with Crippen molar-refractivity contribution in [1.82, 2.24) is 0 Å². The summed E-state index contributed by atoms with van der Waals surface area (Å²) in [5.74, 6) is 17.9. The summed E-state index contributed by atoms with van der Waals surface area (Å²) in [5, 5.41) is 42.9. The van der Waals surface area contributed by atoms with Crippen molar-refractivity contribution >= 4 is 11.6 Å². The third-order valence-electron chi connectivity index (χ3n) is 51.1. The van der Waals surface area contributed by atoms with Crippen LogP contribution in [0.15, 0.2) is 119 Å². The molecule has 0 aromatic rings. The molecule has 0 radical (unpaired) electrons. The zero-order valence-electron chi connectivity index (χ0n) is 92.1. The summed E-state index contributed by atoms with van der Waals surface area (Å²) >= 11 is 0. The van der Waals surface area contributed by atoms with Crippen LogP contribution in [0.5, 0.6) is 0 Å². The number of hydrogen-bond donors (Lipinski definition) is 4. The number of aliphatic hydroxyl groups excluding tert-OH is 4. The molecule has 21 rings (SSSR count). The van der Waals surface area contributed by atoms with Gasteiger partial charge in [-0.25, -0.2) is 0 Å². The average Bonchev–Trinajstić information content (AvgIpc) is 0.824. The second kappa shape index (κ2) is 37.5. The second-order valence-electron chi connectivity index (χ2n) is 58.4. The molecule has 6 heteroatoms. The maximum atomic E-state index is 11.9. The molecule has 0 aliphatic heterocycles. The smallest absolute Gasteiger partial charge is 0.156 e. The predicted octanol–water partition coefficient (Wildman–Crippen LogP) is 33.4. The molecule has 21 aliphatic carbocycles. The number of aliphatic hydroxyl groups is 4. The van der Waals surface area contributed by atoms with Gasteiger partial charge >= 0.3 is 0 Å². The molecule has 0 aromatic heterocycles. The lowest BCUT2D eigenvalue weighted by molar-refractivity contribution is -0.190. The van der Waals surface area contributed by atoms with E-state index >= 15 is 0 Å². The topological polar surface area (TPSA) is 115 Å². The molecule has 38 atom stereocenters. The van der Waals surface area contributed by atoms with Gasteiger partial charge in [0.25, 0.3) is 0 Å². The fourth-order valence-electron chi connectivity index (χ4n) is 41.8. The van der Waals surface area contributed by atoms with Crippen LogP contribution in [-0.2, 0) is 9.59 Å². The molecule has 0 saturated heterocycles. The van der Waals surface area contributed by atoms with E-state index < -0.39 is 0 Å². The Balaban J connectivity index is 0.000000118. The minimum absolute atomic E-state index is 0.00899. The number of fused-ring (bicyclic) bond motifs is 27. The Morgan fingerprint density at radius 3 is 1.54 bits per heavy atom. The summed E-state index contributed by atoms with van der Waals surface area (Å²) in [4.78, 5) is 23.8. The van der Waals surface area contributed by atoms with Gasteiger partial charge in [0.15, 0.2) is 11.6 Å². The average molecular weight is 1860 g/mol. The van der Waals surface area contributed by atoms with Gasteiger partial charge in [-0.05, 0) is 503 Å². The summed E-state index contributed by atoms with van der Waals surface area (Å²) in [6.07, 6.45) is 70.4. The van der Waals surface area contributed by atoms with Gasteiger partial charge in [-0.3, -0.25) is 9.59 Å². The van der Waals surface area contributed by atoms with Crippen molar-refractivity contribution in [2.24, 2.45) is 212 Å². The lowest BCUT2D eigenvalue weighted by Crippen LogP contribution is -2.63. The highest BCUT2D eigenvalue weighted by Gasteiger charge is 2.71. The van der Waals surface area contributed by atoms with E-state index in [0.29, 0.717) is 126 Å². The van der Waals surface area contributed by atoms with Crippen LogP contribution >= 0.6 is 0 Å². The first-order valence-corrected chi connectivity index (χ1v) is 58.3. The van der Waals surface area contributed by atoms with E-state index in [9.17, 15) is 30.0 Å². The molecule has 136 heavy (non-hydrogen) atoms. The monoisotopic (exact) mass is 1860 g/mol. The van der Waals surface area contributed by atoms with Gasteiger partial charge < -0.3 is 20.4 Å². The van der Waals surface area contributed by atoms with Crippen molar-refractivity contribution in [1.29, 1.82) is 0 Å². The second-order valence-corrected chi connectivity index (χ2v) is 58.4. The Hall–Kier alpha value is -3.42. The first-order chi connectivity index (χ1) is 63.7. The van der Waals surface area contributed by atoms with Crippen molar-refractivity contribution in [2.45, 2.75) is 467 Å². The van der Waals surface area contributed by atoms with Crippen molar-refractivity contribution in [3.63, 3.8) is 0 Å². The highest BCUT2D eigenvalue weighted by atomic mass is 16.3. The van der Waals surface area contributed by atoms with Crippen molar-refractivity contribution < 1.29 is 30.0 Å². The molecule has 0 bridgehead atoms. The Morgan fingerprint density at radius 2 is 0.971 bits per heavy atom. The highest BCUT2D eigenvalue weighted by Crippen LogP contribution is 2.79. The fourth-order valence-corrected chi connectivity index (χ4v) is 41.8. The van der Waals surface area contributed by atoms with E-state index in [2.05, 4.69) is 229 Å². The molecule has 0 heterocycles.